The second-order valence-corrected chi connectivity index (χ2v) is 19.8. The Morgan fingerprint density at radius 3 is 1.33 bits per heavy atom. The molecular weight excluding hydrogens is 921 g/mol. The molecule has 0 radical (unpaired) electrons. The van der Waals surface area contributed by atoms with Crippen LogP contribution in [0, 0.1) is 0 Å². The molecule has 4 heterocycles. The predicted molar refractivity (Wildman–Crippen MR) is 319 cm³/mol. The number of rotatable bonds is 8. The Balaban J connectivity index is 0.834. The number of hydrogen-bond acceptors (Lipinski definition) is 2. The molecule has 1 N–H and O–H groups in total. The van der Waals surface area contributed by atoms with Crippen molar-refractivity contribution in [1.82, 2.24) is 19.4 Å². The molecule has 3 aromatic heterocycles. The topological polar surface area (TPSA) is 34.8 Å². The first-order valence-corrected chi connectivity index (χ1v) is 26.2. The van der Waals surface area contributed by atoms with Gasteiger partial charge < -0.3 is 14.5 Å². The lowest BCUT2D eigenvalue weighted by Crippen LogP contribution is -2.20. The first-order valence-electron chi connectivity index (χ1n) is 26.2. The fourth-order valence-electron chi connectivity index (χ4n) is 12.1. The number of pyridine rings is 1. The molecule has 15 rings (SSSR count). The van der Waals surface area contributed by atoms with Gasteiger partial charge in [0, 0.05) is 55.3 Å². The van der Waals surface area contributed by atoms with Gasteiger partial charge in [0.05, 0.1) is 39.5 Å². The number of fused-ring (bicyclic) bond motifs is 9. The molecule has 356 valence electrons. The second kappa shape index (κ2) is 17.9. The Kier molecular flexibility index (Phi) is 10.2. The van der Waals surface area contributed by atoms with Gasteiger partial charge in [-0.15, -0.1) is 0 Å². The number of benzene rings is 11. The smallest absolute Gasteiger partial charge is 0.0788 e. The molecule has 1 aliphatic heterocycles. The number of nitrogens with zero attached hydrogens (tertiary/aromatic N) is 3. The van der Waals surface area contributed by atoms with Crippen molar-refractivity contribution in [3.63, 3.8) is 0 Å². The highest BCUT2D eigenvalue weighted by atomic mass is 15.0. The van der Waals surface area contributed by atoms with Crippen molar-refractivity contribution in [2.45, 2.75) is 6.04 Å². The third kappa shape index (κ3) is 7.10. The number of allylic oxidation sites excluding steroid dienone is 2. The van der Waals surface area contributed by atoms with Crippen LogP contribution in [0.4, 0.5) is 0 Å². The van der Waals surface area contributed by atoms with Crippen molar-refractivity contribution in [1.29, 1.82) is 0 Å². The van der Waals surface area contributed by atoms with E-state index in [2.05, 4.69) is 287 Å². The van der Waals surface area contributed by atoms with Crippen molar-refractivity contribution in [3.05, 3.63) is 290 Å². The molecule has 0 saturated carbocycles. The lowest BCUT2D eigenvalue weighted by atomic mass is 9.92. The number of hydrogen-bond donors (Lipinski definition) is 1. The fourth-order valence-corrected chi connectivity index (χ4v) is 12.1. The largest absolute Gasteiger partial charge is 0.374 e. The highest BCUT2D eigenvalue weighted by molar-refractivity contribution is 6.24. The van der Waals surface area contributed by atoms with Gasteiger partial charge in [-0.25, -0.2) is 4.98 Å². The summed E-state index contributed by atoms with van der Waals surface area (Å²) in [4.78, 5) is 5.16. The minimum absolute atomic E-state index is 0.111. The zero-order valence-corrected chi connectivity index (χ0v) is 41.5. The molecule has 1 unspecified atom stereocenters. The monoisotopic (exact) mass is 968 g/mol. The molecule has 76 heavy (non-hydrogen) atoms. The van der Waals surface area contributed by atoms with Crippen molar-refractivity contribution < 1.29 is 0 Å². The maximum atomic E-state index is 5.16. The molecule has 0 spiro atoms. The summed E-state index contributed by atoms with van der Waals surface area (Å²) in [5.41, 5.74) is 19.4. The number of para-hydroxylation sites is 2. The van der Waals surface area contributed by atoms with Crippen molar-refractivity contribution in [2.24, 2.45) is 0 Å². The maximum absolute atomic E-state index is 5.16. The van der Waals surface area contributed by atoms with Crippen LogP contribution >= 0.6 is 0 Å². The molecule has 0 amide bonds. The van der Waals surface area contributed by atoms with E-state index in [1.807, 2.05) is 6.07 Å². The van der Waals surface area contributed by atoms with Crippen LogP contribution in [0.3, 0.4) is 0 Å². The zero-order valence-electron chi connectivity index (χ0n) is 41.5. The van der Waals surface area contributed by atoms with Gasteiger partial charge in [0.25, 0.3) is 0 Å². The minimum Gasteiger partial charge on any atom is -0.374 e. The Morgan fingerprint density at radius 1 is 0.316 bits per heavy atom. The van der Waals surface area contributed by atoms with E-state index in [0.717, 1.165) is 45.2 Å². The number of aromatic nitrogens is 3. The third-order valence-corrected chi connectivity index (χ3v) is 15.6. The molecule has 0 aliphatic carbocycles. The van der Waals surface area contributed by atoms with Crippen molar-refractivity contribution in [3.8, 4) is 56.1 Å². The molecule has 0 bridgehead atoms. The van der Waals surface area contributed by atoms with Crippen LogP contribution in [0.5, 0.6) is 0 Å². The Morgan fingerprint density at radius 2 is 0.763 bits per heavy atom. The first-order chi connectivity index (χ1) is 37.7. The van der Waals surface area contributed by atoms with Crippen LogP contribution < -0.4 is 5.32 Å². The van der Waals surface area contributed by atoms with E-state index in [9.17, 15) is 0 Å². The van der Waals surface area contributed by atoms with Gasteiger partial charge >= 0.3 is 0 Å². The standard InChI is InChI=1S/C72H48N4/c1-3-17-49(18-4-1)65-27-15-29-67(73-65)59-43-41-53(55-21-7-9-23-57(55)59)47-33-37-51(38-34-47)75-69-31-13-11-25-61(69)63-45-46-64-62-26-12-14-32-70(62)76(72(64)71(63)75)52-39-35-48(36-40-52)54-42-44-60(58-24-10-8-22-56(54)58)68-30-16-28-66(74-68)50-19-5-2-6-20-50/h1-46,65,73H. The molecule has 1 atom stereocenters. The molecular formula is C72H48N4. The van der Waals surface area contributed by atoms with Crippen LogP contribution in [-0.2, 0) is 0 Å². The summed E-state index contributed by atoms with van der Waals surface area (Å²) in [5.74, 6) is 0. The van der Waals surface area contributed by atoms with Crippen molar-refractivity contribution in [2.75, 3.05) is 0 Å². The van der Waals surface area contributed by atoms with Crippen LogP contribution in [0.2, 0.25) is 0 Å². The summed E-state index contributed by atoms with van der Waals surface area (Å²) in [6, 6.07) is 94.8. The van der Waals surface area contributed by atoms with Gasteiger partial charge in [0.1, 0.15) is 0 Å². The van der Waals surface area contributed by atoms with Gasteiger partial charge in [0.15, 0.2) is 0 Å². The predicted octanol–water partition coefficient (Wildman–Crippen LogP) is 18.5. The van der Waals surface area contributed by atoms with E-state index >= 15 is 0 Å². The number of nitrogens with one attached hydrogen (secondary N) is 1. The minimum atomic E-state index is 0.111. The molecule has 14 aromatic rings. The quantitative estimate of drug-likeness (QED) is 0.165. The van der Waals surface area contributed by atoms with Gasteiger partial charge in [-0.2, -0.15) is 0 Å². The second-order valence-electron chi connectivity index (χ2n) is 19.8. The van der Waals surface area contributed by atoms with E-state index in [1.54, 1.807) is 0 Å². The molecule has 0 saturated heterocycles. The first kappa shape index (κ1) is 43.5. The summed E-state index contributed by atoms with van der Waals surface area (Å²) < 4.78 is 4.97. The van der Waals surface area contributed by atoms with Crippen LogP contribution in [0.15, 0.2) is 279 Å². The summed E-state index contributed by atoms with van der Waals surface area (Å²) in [6.45, 7) is 0. The summed E-state index contributed by atoms with van der Waals surface area (Å²) >= 11 is 0. The lowest BCUT2D eigenvalue weighted by Gasteiger charge is -2.24. The molecule has 11 aromatic carbocycles. The van der Waals surface area contributed by atoms with Crippen molar-refractivity contribution >= 4 is 70.9 Å². The average Bonchev–Trinajstić information content (AvgIpc) is 4.16. The van der Waals surface area contributed by atoms with E-state index < -0.39 is 0 Å². The zero-order chi connectivity index (χ0) is 50.1. The average molecular weight is 969 g/mol. The summed E-state index contributed by atoms with van der Waals surface area (Å²) in [7, 11) is 0. The summed E-state index contributed by atoms with van der Waals surface area (Å²) in [6.07, 6.45) is 6.60. The Labute approximate surface area is 440 Å². The highest BCUT2D eigenvalue weighted by Crippen LogP contribution is 2.44. The highest BCUT2D eigenvalue weighted by Gasteiger charge is 2.23. The van der Waals surface area contributed by atoms with E-state index in [1.165, 1.54) is 93.0 Å². The molecule has 4 nitrogen and oxygen atoms in total. The van der Waals surface area contributed by atoms with Gasteiger partial charge in [0.2, 0.25) is 0 Å². The third-order valence-electron chi connectivity index (χ3n) is 15.6. The van der Waals surface area contributed by atoms with Gasteiger partial charge in [-0.05, 0) is 104 Å². The molecule has 0 fully saturated rings. The molecule has 4 heteroatoms. The van der Waals surface area contributed by atoms with Crippen LogP contribution in [0.1, 0.15) is 17.2 Å². The van der Waals surface area contributed by atoms with Gasteiger partial charge in [-0.1, -0.05) is 224 Å². The Bertz CT molecular complexity index is 4640. The molecule has 1 aliphatic rings. The van der Waals surface area contributed by atoms with E-state index in [4.69, 9.17) is 4.98 Å². The Hall–Kier alpha value is -10.0. The van der Waals surface area contributed by atoms with E-state index in [0.29, 0.717) is 0 Å². The maximum Gasteiger partial charge on any atom is 0.0788 e. The summed E-state index contributed by atoms with van der Waals surface area (Å²) in [5, 5.41) is 13.5. The SMILES string of the molecule is C1=CC(c2ccccc2)NC(c2ccc(-c3ccc(-n4c5ccccc5c5ccc6c7ccccc7n(-c7ccc(-c8ccc(-c9cccc(-c%10ccccc%10)n9)c9ccccc89)cc7)c6c54)cc3)c3ccccc23)=C1. The van der Waals surface area contributed by atoms with E-state index in [-0.39, 0.29) is 6.04 Å². The fraction of sp³-hybridized carbons (Fsp3) is 0.0139. The van der Waals surface area contributed by atoms with Crippen LogP contribution in [0.25, 0.3) is 127 Å². The van der Waals surface area contributed by atoms with Gasteiger partial charge in [-0.3, -0.25) is 0 Å². The van der Waals surface area contributed by atoms with Crippen LogP contribution in [-0.4, -0.2) is 14.1 Å². The normalized spacial score (nSPS) is 13.5. The number of dihydropyridines is 1. The lowest BCUT2D eigenvalue weighted by molar-refractivity contribution is 0.765.